The summed E-state index contributed by atoms with van der Waals surface area (Å²) in [6.45, 7) is 7.11. The molecular formula is C14H21FN2O. The number of hydrogen-bond donors (Lipinski definition) is 1. The number of rotatable bonds is 3. The third kappa shape index (κ3) is 3.07. The number of benzene rings is 1. The van der Waals surface area contributed by atoms with Crippen LogP contribution in [-0.4, -0.2) is 36.7 Å². The van der Waals surface area contributed by atoms with Crippen LogP contribution in [0.25, 0.3) is 0 Å². The predicted molar refractivity (Wildman–Crippen MR) is 69.8 cm³/mol. The molecule has 4 heteroatoms. The molecule has 1 aliphatic rings. The van der Waals surface area contributed by atoms with Gasteiger partial charge in [-0.3, -0.25) is 4.90 Å². The highest BCUT2D eigenvalue weighted by Gasteiger charge is 2.31. The molecule has 1 atom stereocenters. The second-order valence-corrected chi connectivity index (χ2v) is 5.38. The minimum absolute atomic E-state index is 0.133. The summed E-state index contributed by atoms with van der Waals surface area (Å²) in [5.41, 5.74) is 6.81. The van der Waals surface area contributed by atoms with Crippen LogP contribution in [0.15, 0.2) is 24.3 Å². The maximum absolute atomic E-state index is 13.0. The molecule has 1 aliphatic heterocycles. The summed E-state index contributed by atoms with van der Waals surface area (Å²) >= 11 is 0. The molecule has 0 aliphatic carbocycles. The fraction of sp³-hybridized carbons (Fsp3) is 0.571. The Kier molecular flexibility index (Phi) is 4.00. The topological polar surface area (TPSA) is 38.5 Å². The van der Waals surface area contributed by atoms with Crippen LogP contribution >= 0.6 is 0 Å². The summed E-state index contributed by atoms with van der Waals surface area (Å²) in [4.78, 5) is 2.32. The van der Waals surface area contributed by atoms with E-state index in [1.165, 1.54) is 12.1 Å². The molecular weight excluding hydrogens is 231 g/mol. The van der Waals surface area contributed by atoms with Crippen molar-refractivity contribution in [2.75, 3.05) is 26.2 Å². The number of ether oxygens (including phenoxy) is 1. The lowest BCUT2D eigenvalue weighted by atomic mass is 10.0. The number of halogens is 1. The Morgan fingerprint density at radius 1 is 1.39 bits per heavy atom. The van der Waals surface area contributed by atoms with Crippen LogP contribution in [0, 0.1) is 5.82 Å². The second-order valence-electron chi connectivity index (χ2n) is 5.38. The van der Waals surface area contributed by atoms with Gasteiger partial charge in [0.25, 0.3) is 0 Å². The van der Waals surface area contributed by atoms with E-state index in [2.05, 4.69) is 18.7 Å². The molecule has 1 heterocycles. The van der Waals surface area contributed by atoms with Gasteiger partial charge in [-0.25, -0.2) is 4.39 Å². The molecule has 0 amide bonds. The van der Waals surface area contributed by atoms with Crippen molar-refractivity contribution in [2.45, 2.75) is 25.5 Å². The Balaban J connectivity index is 2.15. The Hall–Kier alpha value is -0.970. The van der Waals surface area contributed by atoms with Crippen molar-refractivity contribution in [3.63, 3.8) is 0 Å². The zero-order valence-corrected chi connectivity index (χ0v) is 11.0. The lowest BCUT2D eigenvalue weighted by Gasteiger charge is -2.42. The summed E-state index contributed by atoms with van der Waals surface area (Å²) in [6.07, 6.45) is 0. The Morgan fingerprint density at radius 3 is 2.61 bits per heavy atom. The third-order valence-corrected chi connectivity index (χ3v) is 3.37. The molecule has 0 spiro atoms. The van der Waals surface area contributed by atoms with Crippen molar-refractivity contribution in [1.82, 2.24) is 4.90 Å². The van der Waals surface area contributed by atoms with Gasteiger partial charge in [-0.15, -0.1) is 0 Å². The van der Waals surface area contributed by atoms with Crippen molar-refractivity contribution in [3.05, 3.63) is 35.6 Å². The smallest absolute Gasteiger partial charge is 0.123 e. The van der Waals surface area contributed by atoms with Gasteiger partial charge in [-0.1, -0.05) is 12.1 Å². The van der Waals surface area contributed by atoms with Gasteiger partial charge in [0.1, 0.15) is 5.82 Å². The van der Waals surface area contributed by atoms with Gasteiger partial charge in [-0.05, 0) is 31.5 Å². The quantitative estimate of drug-likeness (QED) is 0.893. The van der Waals surface area contributed by atoms with Gasteiger partial charge in [0.15, 0.2) is 0 Å². The molecule has 1 saturated heterocycles. The van der Waals surface area contributed by atoms with Gasteiger partial charge in [0, 0.05) is 25.7 Å². The van der Waals surface area contributed by atoms with Gasteiger partial charge < -0.3 is 10.5 Å². The monoisotopic (exact) mass is 252 g/mol. The normalized spacial score (nSPS) is 21.8. The SMILES string of the molecule is CC1(C)CN(C(CN)c2ccc(F)cc2)CCO1. The molecule has 0 aromatic heterocycles. The highest BCUT2D eigenvalue weighted by Crippen LogP contribution is 2.26. The van der Waals surface area contributed by atoms with Crippen molar-refractivity contribution in [3.8, 4) is 0 Å². The zero-order valence-electron chi connectivity index (χ0n) is 11.0. The average molecular weight is 252 g/mol. The Morgan fingerprint density at radius 2 is 2.06 bits per heavy atom. The van der Waals surface area contributed by atoms with Crippen molar-refractivity contribution >= 4 is 0 Å². The Labute approximate surface area is 108 Å². The summed E-state index contributed by atoms with van der Waals surface area (Å²) in [5.74, 6) is -0.211. The van der Waals surface area contributed by atoms with Gasteiger partial charge in [0.2, 0.25) is 0 Å². The largest absolute Gasteiger partial charge is 0.373 e. The molecule has 0 bridgehead atoms. The number of hydrogen-bond acceptors (Lipinski definition) is 3. The van der Waals surface area contributed by atoms with E-state index in [1.54, 1.807) is 0 Å². The lowest BCUT2D eigenvalue weighted by Crippen LogP contribution is -2.50. The van der Waals surface area contributed by atoms with Crippen LogP contribution in [-0.2, 0) is 4.74 Å². The van der Waals surface area contributed by atoms with E-state index in [0.717, 1.165) is 18.7 Å². The molecule has 1 aromatic carbocycles. The minimum atomic E-state index is -0.211. The highest BCUT2D eigenvalue weighted by molar-refractivity contribution is 5.20. The first-order valence-electron chi connectivity index (χ1n) is 6.35. The van der Waals surface area contributed by atoms with Crippen LogP contribution in [0.5, 0.6) is 0 Å². The maximum Gasteiger partial charge on any atom is 0.123 e. The summed E-state index contributed by atoms with van der Waals surface area (Å²) in [6, 6.07) is 6.74. The first-order chi connectivity index (χ1) is 8.52. The fourth-order valence-electron chi connectivity index (χ4n) is 2.50. The standard InChI is InChI=1S/C14H21FN2O/c1-14(2)10-17(7-8-18-14)13(9-16)11-3-5-12(15)6-4-11/h3-6,13H,7-10,16H2,1-2H3. The minimum Gasteiger partial charge on any atom is -0.373 e. The molecule has 100 valence electrons. The Bertz CT molecular complexity index is 391. The van der Waals surface area contributed by atoms with Crippen molar-refractivity contribution in [1.29, 1.82) is 0 Å². The molecule has 1 unspecified atom stereocenters. The fourth-order valence-corrected chi connectivity index (χ4v) is 2.50. The van der Waals surface area contributed by atoms with E-state index in [-0.39, 0.29) is 17.5 Å². The van der Waals surface area contributed by atoms with E-state index in [1.807, 2.05) is 12.1 Å². The van der Waals surface area contributed by atoms with Crippen LogP contribution < -0.4 is 5.73 Å². The number of morpholine rings is 1. The molecule has 0 saturated carbocycles. The van der Waals surface area contributed by atoms with Gasteiger partial charge >= 0.3 is 0 Å². The van der Waals surface area contributed by atoms with E-state index in [0.29, 0.717) is 13.2 Å². The number of nitrogens with two attached hydrogens (primary N) is 1. The molecule has 2 N–H and O–H groups in total. The molecule has 1 fully saturated rings. The predicted octanol–water partition coefficient (Wildman–Crippen LogP) is 1.94. The maximum atomic E-state index is 13.0. The van der Waals surface area contributed by atoms with E-state index in [9.17, 15) is 4.39 Å². The lowest BCUT2D eigenvalue weighted by molar-refractivity contribution is -0.0967. The van der Waals surface area contributed by atoms with E-state index < -0.39 is 0 Å². The first kappa shape index (κ1) is 13.5. The summed E-state index contributed by atoms with van der Waals surface area (Å²) < 4.78 is 18.7. The average Bonchev–Trinajstić information content (AvgIpc) is 2.31. The second kappa shape index (κ2) is 5.34. The molecule has 3 nitrogen and oxygen atoms in total. The van der Waals surface area contributed by atoms with Gasteiger partial charge in [-0.2, -0.15) is 0 Å². The van der Waals surface area contributed by atoms with Crippen LogP contribution in [0.2, 0.25) is 0 Å². The molecule has 1 aromatic rings. The highest BCUT2D eigenvalue weighted by atomic mass is 19.1. The summed E-state index contributed by atoms with van der Waals surface area (Å²) in [7, 11) is 0. The van der Waals surface area contributed by atoms with Crippen LogP contribution in [0.3, 0.4) is 0 Å². The van der Waals surface area contributed by atoms with E-state index >= 15 is 0 Å². The van der Waals surface area contributed by atoms with Crippen LogP contribution in [0.1, 0.15) is 25.5 Å². The summed E-state index contributed by atoms with van der Waals surface area (Å²) in [5, 5.41) is 0. The van der Waals surface area contributed by atoms with Crippen LogP contribution in [0.4, 0.5) is 4.39 Å². The molecule has 18 heavy (non-hydrogen) atoms. The first-order valence-corrected chi connectivity index (χ1v) is 6.35. The molecule has 0 radical (unpaired) electrons. The van der Waals surface area contributed by atoms with E-state index in [4.69, 9.17) is 10.5 Å². The number of nitrogens with zero attached hydrogens (tertiary/aromatic N) is 1. The van der Waals surface area contributed by atoms with Crippen molar-refractivity contribution < 1.29 is 9.13 Å². The van der Waals surface area contributed by atoms with Gasteiger partial charge in [0.05, 0.1) is 12.2 Å². The zero-order chi connectivity index (χ0) is 13.2. The molecule has 2 rings (SSSR count). The van der Waals surface area contributed by atoms with Crippen molar-refractivity contribution in [2.24, 2.45) is 5.73 Å². The third-order valence-electron chi connectivity index (χ3n) is 3.37.